The summed E-state index contributed by atoms with van der Waals surface area (Å²) in [7, 11) is -1.94. The van der Waals surface area contributed by atoms with Gasteiger partial charge in [-0.05, 0) is 59.3 Å². The van der Waals surface area contributed by atoms with Crippen molar-refractivity contribution in [2.24, 2.45) is 0 Å². The molecule has 0 saturated heterocycles. The third-order valence-corrected chi connectivity index (χ3v) is 6.53. The Hall–Kier alpha value is -1.73. The fourth-order valence-electron chi connectivity index (χ4n) is 2.46. The average molecular weight is 408 g/mol. The molecule has 0 bridgehead atoms. The zero-order valence-electron chi connectivity index (χ0n) is 14.1. The maximum absolute atomic E-state index is 12.5. The summed E-state index contributed by atoms with van der Waals surface area (Å²) in [6, 6.07) is 18.1. The summed E-state index contributed by atoms with van der Waals surface area (Å²) in [4.78, 5) is 1.31. The number of benzene rings is 3. The van der Waals surface area contributed by atoms with Gasteiger partial charge in [-0.1, -0.05) is 23.7 Å². The van der Waals surface area contributed by atoms with Gasteiger partial charge in [0.2, 0.25) is 10.0 Å². The van der Waals surface area contributed by atoms with Crippen LogP contribution in [0.4, 0.5) is 0 Å². The summed E-state index contributed by atoms with van der Waals surface area (Å²) >= 11 is 7.42. The van der Waals surface area contributed by atoms with Gasteiger partial charge in [0.25, 0.3) is 0 Å². The molecular formula is C19H18ClNO3S2. The topological polar surface area (TPSA) is 55.4 Å². The van der Waals surface area contributed by atoms with Gasteiger partial charge < -0.3 is 4.74 Å². The smallest absolute Gasteiger partial charge is 0.240 e. The Kier molecular flexibility index (Phi) is 6.09. The third-order valence-electron chi connectivity index (χ3n) is 3.81. The summed E-state index contributed by atoms with van der Waals surface area (Å²) < 4.78 is 32.8. The van der Waals surface area contributed by atoms with Crippen molar-refractivity contribution in [3.05, 3.63) is 65.7 Å². The molecular weight excluding hydrogens is 390 g/mol. The molecule has 0 heterocycles. The van der Waals surface area contributed by atoms with Gasteiger partial charge in [-0.15, -0.1) is 11.8 Å². The molecule has 7 heteroatoms. The van der Waals surface area contributed by atoms with Gasteiger partial charge in [-0.3, -0.25) is 0 Å². The molecule has 0 fully saturated rings. The van der Waals surface area contributed by atoms with E-state index in [-0.39, 0.29) is 4.90 Å². The molecule has 3 rings (SSSR count). The summed E-state index contributed by atoms with van der Waals surface area (Å²) in [5, 5.41) is 2.47. The predicted octanol–water partition coefficient (Wildman–Crippen LogP) is 4.57. The highest BCUT2D eigenvalue weighted by Crippen LogP contribution is 2.24. The number of sulfonamides is 1. The fraction of sp³-hybridized carbons (Fsp3) is 0.158. The first-order chi connectivity index (χ1) is 12.5. The number of fused-ring (bicyclic) bond motifs is 1. The zero-order valence-corrected chi connectivity index (χ0v) is 16.5. The highest BCUT2D eigenvalue weighted by Gasteiger charge is 2.14. The molecule has 0 aliphatic carbocycles. The predicted molar refractivity (Wildman–Crippen MR) is 108 cm³/mol. The van der Waals surface area contributed by atoms with Crippen molar-refractivity contribution in [1.29, 1.82) is 0 Å². The van der Waals surface area contributed by atoms with Crippen LogP contribution < -0.4 is 9.46 Å². The molecule has 3 aromatic rings. The molecule has 0 spiro atoms. The molecule has 4 nitrogen and oxygen atoms in total. The van der Waals surface area contributed by atoms with Crippen molar-refractivity contribution in [2.45, 2.75) is 9.79 Å². The molecule has 1 N–H and O–H groups in total. The van der Waals surface area contributed by atoms with E-state index in [0.29, 0.717) is 17.3 Å². The first-order valence-electron chi connectivity index (χ1n) is 7.94. The van der Waals surface area contributed by atoms with E-state index >= 15 is 0 Å². The Bertz CT molecular complexity index is 1000. The van der Waals surface area contributed by atoms with Gasteiger partial charge in [0.1, 0.15) is 5.75 Å². The van der Waals surface area contributed by atoms with E-state index in [0.717, 1.165) is 21.4 Å². The number of rotatable bonds is 7. The van der Waals surface area contributed by atoms with E-state index < -0.39 is 10.0 Å². The lowest BCUT2D eigenvalue weighted by Gasteiger charge is -2.09. The Morgan fingerprint density at radius 2 is 1.69 bits per heavy atom. The molecule has 0 saturated carbocycles. The summed E-state index contributed by atoms with van der Waals surface area (Å²) in [6.07, 6.45) is 0. The maximum Gasteiger partial charge on any atom is 0.240 e. The van der Waals surface area contributed by atoms with Gasteiger partial charge in [-0.2, -0.15) is 0 Å². The van der Waals surface area contributed by atoms with Crippen LogP contribution in [0.25, 0.3) is 10.8 Å². The van der Waals surface area contributed by atoms with Crippen molar-refractivity contribution in [1.82, 2.24) is 4.72 Å². The lowest BCUT2D eigenvalue weighted by molar-refractivity contribution is 0.415. The molecule has 0 atom stereocenters. The second-order valence-corrected chi connectivity index (χ2v) is 8.95. The Balaban J connectivity index is 1.63. The van der Waals surface area contributed by atoms with Gasteiger partial charge in [-0.25, -0.2) is 13.1 Å². The van der Waals surface area contributed by atoms with Gasteiger partial charge in [0, 0.05) is 22.2 Å². The largest absolute Gasteiger partial charge is 0.497 e. The first-order valence-corrected chi connectivity index (χ1v) is 10.8. The number of thioether (sulfide) groups is 1. The van der Waals surface area contributed by atoms with E-state index in [1.165, 1.54) is 0 Å². The first kappa shape index (κ1) is 19.0. The summed E-state index contributed by atoms with van der Waals surface area (Å²) in [5.41, 5.74) is 0. The number of hydrogen-bond acceptors (Lipinski definition) is 4. The van der Waals surface area contributed by atoms with E-state index in [1.807, 2.05) is 42.5 Å². The molecule has 0 aliphatic rings. The van der Waals surface area contributed by atoms with Crippen LogP contribution in [0, 0.1) is 0 Å². The van der Waals surface area contributed by atoms with Crippen LogP contribution in [0.2, 0.25) is 5.02 Å². The second kappa shape index (κ2) is 8.31. The molecule has 0 radical (unpaired) electrons. The van der Waals surface area contributed by atoms with Crippen LogP contribution in [0.1, 0.15) is 0 Å². The number of methoxy groups -OCH3 is 1. The Morgan fingerprint density at radius 3 is 2.42 bits per heavy atom. The molecule has 3 aromatic carbocycles. The van der Waals surface area contributed by atoms with Gasteiger partial charge in [0.15, 0.2) is 0 Å². The number of hydrogen-bond donors (Lipinski definition) is 1. The molecule has 0 aliphatic heterocycles. The van der Waals surface area contributed by atoms with Crippen LogP contribution in [0.5, 0.6) is 5.75 Å². The van der Waals surface area contributed by atoms with Crippen molar-refractivity contribution < 1.29 is 13.2 Å². The molecule has 0 aromatic heterocycles. The number of ether oxygens (including phenoxy) is 1. The summed E-state index contributed by atoms with van der Waals surface area (Å²) in [5.74, 6) is 1.37. The van der Waals surface area contributed by atoms with E-state index in [4.69, 9.17) is 16.3 Å². The van der Waals surface area contributed by atoms with Crippen LogP contribution >= 0.6 is 23.4 Å². The van der Waals surface area contributed by atoms with Crippen molar-refractivity contribution in [2.75, 3.05) is 19.4 Å². The van der Waals surface area contributed by atoms with Crippen LogP contribution in [-0.4, -0.2) is 27.8 Å². The maximum atomic E-state index is 12.5. The summed E-state index contributed by atoms with van der Waals surface area (Å²) in [6.45, 7) is 0.344. The quantitative estimate of drug-likeness (QED) is 0.460. The minimum atomic E-state index is -3.54. The van der Waals surface area contributed by atoms with Gasteiger partial charge in [0.05, 0.1) is 12.0 Å². The number of halogens is 1. The lowest BCUT2D eigenvalue weighted by atomic mass is 10.1. The number of nitrogens with one attached hydrogen (secondary N) is 1. The zero-order chi connectivity index (χ0) is 18.6. The molecule has 136 valence electrons. The van der Waals surface area contributed by atoms with Crippen LogP contribution in [0.15, 0.2) is 70.5 Å². The molecule has 0 unspecified atom stereocenters. The standard InChI is InChI=1S/C19H18ClNO3S2/c1-24-17-6-2-15-13-19(9-3-14(15)12-17)26(22,23)21-10-11-25-18-7-4-16(20)5-8-18/h2-9,12-13,21H,10-11H2,1H3. The lowest BCUT2D eigenvalue weighted by Crippen LogP contribution is -2.26. The normalized spacial score (nSPS) is 11.6. The van der Waals surface area contributed by atoms with Crippen molar-refractivity contribution in [3.63, 3.8) is 0 Å². The fourth-order valence-corrected chi connectivity index (χ4v) is 4.55. The van der Waals surface area contributed by atoms with Crippen LogP contribution in [-0.2, 0) is 10.0 Å². The Morgan fingerprint density at radius 1 is 1.00 bits per heavy atom. The third kappa shape index (κ3) is 4.71. The minimum Gasteiger partial charge on any atom is -0.497 e. The monoisotopic (exact) mass is 407 g/mol. The van der Waals surface area contributed by atoms with Gasteiger partial charge >= 0.3 is 0 Å². The average Bonchev–Trinajstić information content (AvgIpc) is 2.65. The van der Waals surface area contributed by atoms with Crippen LogP contribution in [0.3, 0.4) is 0 Å². The van der Waals surface area contributed by atoms with E-state index in [2.05, 4.69) is 4.72 Å². The van der Waals surface area contributed by atoms with E-state index in [9.17, 15) is 8.42 Å². The molecule has 26 heavy (non-hydrogen) atoms. The highest BCUT2D eigenvalue weighted by molar-refractivity contribution is 7.99. The SMILES string of the molecule is COc1ccc2cc(S(=O)(=O)NCCSc3ccc(Cl)cc3)ccc2c1. The van der Waals surface area contributed by atoms with Crippen molar-refractivity contribution in [3.8, 4) is 5.75 Å². The molecule has 0 amide bonds. The minimum absolute atomic E-state index is 0.256. The highest BCUT2D eigenvalue weighted by atomic mass is 35.5. The second-order valence-electron chi connectivity index (χ2n) is 5.58. The van der Waals surface area contributed by atoms with Crippen molar-refractivity contribution >= 4 is 44.2 Å². The Labute approximate surface area is 162 Å². The van der Waals surface area contributed by atoms with E-state index in [1.54, 1.807) is 37.1 Å².